The van der Waals surface area contributed by atoms with Crippen molar-refractivity contribution in [3.63, 3.8) is 0 Å². The van der Waals surface area contributed by atoms with Crippen molar-refractivity contribution >= 4 is 11.9 Å². The zero-order valence-electron chi connectivity index (χ0n) is 11.3. The van der Waals surface area contributed by atoms with E-state index < -0.39 is 12.0 Å². The summed E-state index contributed by atoms with van der Waals surface area (Å²) in [4.78, 5) is 24.8. The lowest BCUT2D eigenvalue weighted by molar-refractivity contribution is -0.142. The van der Waals surface area contributed by atoms with Crippen LogP contribution in [0.1, 0.15) is 19.3 Å². The molecule has 1 saturated heterocycles. The van der Waals surface area contributed by atoms with Crippen molar-refractivity contribution in [2.75, 3.05) is 33.4 Å². The molecule has 1 heterocycles. The molecule has 0 saturated carbocycles. The van der Waals surface area contributed by atoms with Crippen LogP contribution < -0.4 is 11.1 Å². The predicted molar refractivity (Wildman–Crippen MR) is 69.7 cm³/mol. The first-order valence-electron chi connectivity index (χ1n) is 6.52. The van der Waals surface area contributed by atoms with E-state index >= 15 is 0 Å². The van der Waals surface area contributed by atoms with Crippen LogP contribution in [0.2, 0.25) is 0 Å². The molecule has 1 fully saturated rings. The van der Waals surface area contributed by atoms with Crippen LogP contribution in [0.3, 0.4) is 0 Å². The van der Waals surface area contributed by atoms with Gasteiger partial charge < -0.3 is 20.9 Å². The smallest absolute Gasteiger partial charge is 0.326 e. The Hall–Kier alpha value is -1.18. The number of nitrogens with zero attached hydrogens (tertiary/aromatic N) is 1. The van der Waals surface area contributed by atoms with E-state index in [0.717, 1.165) is 25.9 Å². The van der Waals surface area contributed by atoms with Crippen molar-refractivity contribution in [1.82, 2.24) is 10.2 Å². The molecule has 1 rings (SSSR count). The molecule has 1 atom stereocenters. The Labute approximate surface area is 113 Å². The number of carboxylic acid groups (broad SMARTS) is 1. The molecule has 4 N–H and O–H groups in total. The van der Waals surface area contributed by atoms with Crippen LogP contribution in [0, 0.1) is 0 Å². The highest BCUT2D eigenvalue weighted by Gasteiger charge is 2.22. The second kappa shape index (κ2) is 8.08. The average Bonchev–Trinajstić information content (AvgIpc) is 2.37. The molecule has 0 aromatic heterocycles. The number of carbonyl (C=O) groups is 2. The van der Waals surface area contributed by atoms with Crippen LogP contribution in [0.15, 0.2) is 0 Å². The first-order valence-corrected chi connectivity index (χ1v) is 6.52. The Balaban J connectivity index is 2.33. The standard InChI is InChI=1S/C12H23N3O4/c1-19-7-4-10(12(17)18)14-11(16)8-15-5-2-9(13)3-6-15/h9-10H,2-8,13H2,1H3,(H,14,16)(H,17,18). The molecule has 0 bridgehead atoms. The summed E-state index contributed by atoms with van der Waals surface area (Å²) < 4.78 is 4.83. The second-order valence-electron chi connectivity index (χ2n) is 4.85. The maximum atomic E-state index is 11.8. The molecule has 0 aromatic rings. The molecular weight excluding hydrogens is 250 g/mol. The summed E-state index contributed by atoms with van der Waals surface area (Å²) >= 11 is 0. The molecule has 1 aliphatic heterocycles. The first-order chi connectivity index (χ1) is 9.02. The lowest BCUT2D eigenvalue weighted by Crippen LogP contribution is -2.48. The van der Waals surface area contributed by atoms with Gasteiger partial charge in [-0.25, -0.2) is 4.79 Å². The van der Waals surface area contributed by atoms with Crippen LogP contribution in [-0.2, 0) is 14.3 Å². The molecular formula is C12H23N3O4. The Morgan fingerprint density at radius 1 is 1.47 bits per heavy atom. The van der Waals surface area contributed by atoms with E-state index in [-0.39, 0.29) is 24.9 Å². The van der Waals surface area contributed by atoms with Crippen molar-refractivity contribution in [2.45, 2.75) is 31.3 Å². The van der Waals surface area contributed by atoms with Crippen molar-refractivity contribution < 1.29 is 19.4 Å². The van der Waals surface area contributed by atoms with E-state index in [1.165, 1.54) is 7.11 Å². The van der Waals surface area contributed by atoms with Gasteiger partial charge in [0.25, 0.3) is 0 Å². The number of hydrogen-bond donors (Lipinski definition) is 3. The zero-order chi connectivity index (χ0) is 14.3. The number of piperidine rings is 1. The quantitative estimate of drug-likeness (QED) is 0.550. The van der Waals surface area contributed by atoms with Gasteiger partial charge in [0.05, 0.1) is 6.54 Å². The van der Waals surface area contributed by atoms with Crippen LogP contribution in [0.4, 0.5) is 0 Å². The van der Waals surface area contributed by atoms with Gasteiger partial charge in [0.15, 0.2) is 0 Å². The van der Waals surface area contributed by atoms with Gasteiger partial charge >= 0.3 is 5.97 Å². The fourth-order valence-electron chi connectivity index (χ4n) is 2.05. The fraction of sp³-hybridized carbons (Fsp3) is 0.833. The first kappa shape index (κ1) is 15.9. The van der Waals surface area contributed by atoms with Crippen molar-refractivity contribution in [2.24, 2.45) is 5.73 Å². The highest BCUT2D eigenvalue weighted by molar-refractivity contribution is 5.84. The molecule has 19 heavy (non-hydrogen) atoms. The van der Waals surface area contributed by atoms with Crippen LogP contribution >= 0.6 is 0 Å². The topological polar surface area (TPSA) is 105 Å². The Kier molecular flexibility index (Phi) is 6.75. The van der Waals surface area contributed by atoms with Crippen LogP contribution in [0.5, 0.6) is 0 Å². The van der Waals surface area contributed by atoms with Crippen molar-refractivity contribution in [1.29, 1.82) is 0 Å². The van der Waals surface area contributed by atoms with Gasteiger partial charge in [-0.15, -0.1) is 0 Å². The van der Waals surface area contributed by atoms with Gasteiger partial charge in [0.2, 0.25) is 5.91 Å². The Morgan fingerprint density at radius 2 is 2.11 bits per heavy atom. The van der Waals surface area contributed by atoms with Crippen molar-refractivity contribution in [3.8, 4) is 0 Å². The molecule has 7 nitrogen and oxygen atoms in total. The zero-order valence-corrected chi connectivity index (χ0v) is 11.3. The van der Waals surface area contributed by atoms with Gasteiger partial charge in [-0.1, -0.05) is 0 Å². The normalized spacial score (nSPS) is 19.1. The predicted octanol–water partition coefficient (Wildman–Crippen LogP) is -0.985. The van der Waals surface area contributed by atoms with E-state index in [0.29, 0.717) is 6.61 Å². The van der Waals surface area contributed by atoms with Crippen LogP contribution in [-0.4, -0.2) is 67.3 Å². The summed E-state index contributed by atoms with van der Waals surface area (Å²) in [5.74, 6) is -1.30. The third-order valence-corrected chi connectivity index (χ3v) is 3.24. The summed E-state index contributed by atoms with van der Waals surface area (Å²) in [5, 5.41) is 11.5. The number of carbonyl (C=O) groups excluding carboxylic acids is 1. The maximum Gasteiger partial charge on any atom is 0.326 e. The van der Waals surface area contributed by atoms with Gasteiger partial charge in [-0.05, 0) is 12.8 Å². The number of nitrogens with two attached hydrogens (primary N) is 1. The summed E-state index contributed by atoms with van der Waals surface area (Å²) in [6, 6.07) is -0.674. The fourth-order valence-corrected chi connectivity index (χ4v) is 2.05. The number of nitrogens with one attached hydrogen (secondary N) is 1. The number of ether oxygens (including phenoxy) is 1. The Bertz CT molecular complexity index is 303. The van der Waals surface area contributed by atoms with E-state index in [4.69, 9.17) is 15.6 Å². The summed E-state index contributed by atoms with van der Waals surface area (Å²) in [5.41, 5.74) is 5.78. The Morgan fingerprint density at radius 3 is 2.63 bits per heavy atom. The van der Waals surface area contributed by atoms with E-state index in [1.54, 1.807) is 0 Å². The summed E-state index contributed by atoms with van der Waals surface area (Å²) in [6.07, 6.45) is 2.01. The van der Waals surface area contributed by atoms with Crippen LogP contribution in [0.25, 0.3) is 0 Å². The second-order valence-corrected chi connectivity index (χ2v) is 4.85. The number of amides is 1. The van der Waals surface area contributed by atoms with E-state index in [9.17, 15) is 9.59 Å². The average molecular weight is 273 g/mol. The SMILES string of the molecule is COCCC(NC(=O)CN1CCC(N)CC1)C(=O)O. The van der Waals surface area contributed by atoms with E-state index in [2.05, 4.69) is 5.32 Å². The molecule has 1 amide bonds. The van der Waals surface area contributed by atoms with Gasteiger partial charge in [0, 0.05) is 39.3 Å². The number of aliphatic carboxylic acids is 1. The number of rotatable bonds is 7. The summed E-state index contributed by atoms with van der Waals surface area (Å²) in [7, 11) is 1.50. The van der Waals surface area contributed by atoms with Gasteiger partial charge in [-0.3, -0.25) is 9.69 Å². The molecule has 0 spiro atoms. The highest BCUT2D eigenvalue weighted by Crippen LogP contribution is 2.07. The minimum atomic E-state index is -1.04. The number of hydrogen-bond acceptors (Lipinski definition) is 5. The van der Waals surface area contributed by atoms with Gasteiger partial charge in [0.1, 0.15) is 6.04 Å². The third-order valence-electron chi connectivity index (χ3n) is 3.24. The third kappa shape index (κ3) is 6.00. The largest absolute Gasteiger partial charge is 0.480 e. The van der Waals surface area contributed by atoms with Crippen molar-refractivity contribution in [3.05, 3.63) is 0 Å². The monoisotopic (exact) mass is 273 g/mol. The van der Waals surface area contributed by atoms with Gasteiger partial charge in [-0.2, -0.15) is 0 Å². The molecule has 110 valence electrons. The lowest BCUT2D eigenvalue weighted by atomic mass is 10.1. The van der Waals surface area contributed by atoms with E-state index in [1.807, 2.05) is 4.90 Å². The molecule has 1 aliphatic rings. The molecule has 0 aliphatic carbocycles. The number of carboxylic acids is 1. The summed E-state index contributed by atoms with van der Waals surface area (Å²) in [6.45, 7) is 2.09. The molecule has 0 aromatic carbocycles. The maximum absolute atomic E-state index is 11.8. The molecule has 1 unspecified atom stereocenters. The lowest BCUT2D eigenvalue weighted by Gasteiger charge is -2.29. The number of methoxy groups -OCH3 is 1. The number of likely N-dealkylation sites (tertiary alicyclic amines) is 1. The molecule has 0 radical (unpaired) electrons. The minimum Gasteiger partial charge on any atom is -0.480 e. The molecule has 7 heteroatoms. The minimum absolute atomic E-state index is 0.216. The highest BCUT2D eigenvalue weighted by atomic mass is 16.5.